The lowest BCUT2D eigenvalue weighted by molar-refractivity contribution is -0.121. The molecule has 2 heterocycles. The third-order valence-electron chi connectivity index (χ3n) is 5.02. The molecule has 0 bridgehead atoms. The summed E-state index contributed by atoms with van der Waals surface area (Å²) in [4.78, 5) is 39.9. The Morgan fingerprint density at radius 2 is 1.96 bits per heavy atom. The van der Waals surface area contributed by atoms with Crippen molar-refractivity contribution in [2.24, 2.45) is 17.6 Å². The molecular weight excluding hydrogens is 308 g/mol. The second kappa shape index (κ2) is 5.98. The van der Waals surface area contributed by atoms with Gasteiger partial charge in [0.15, 0.2) is 0 Å². The summed E-state index contributed by atoms with van der Waals surface area (Å²) in [6, 6.07) is 1.55. The Bertz CT molecular complexity index is 700. The van der Waals surface area contributed by atoms with Gasteiger partial charge in [0, 0.05) is 17.7 Å². The van der Waals surface area contributed by atoms with Crippen molar-refractivity contribution in [3.8, 4) is 0 Å². The Labute approximate surface area is 140 Å². The number of aromatic nitrogens is 1. The molecule has 0 saturated heterocycles. The zero-order chi connectivity index (χ0) is 17.5. The van der Waals surface area contributed by atoms with E-state index in [0.29, 0.717) is 11.6 Å². The van der Waals surface area contributed by atoms with E-state index in [1.54, 1.807) is 6.07 Å². The largest absolute Gasteiger partial charge is 0.325 e. The molecule has 2 aliphatic rings. The van der Waals surface area contributed by atoms with Gasteiger partial charge < -0.3 is 16.4 Å². The molecule has 0 unspecified atom stereocenters. The molecule has 7 nitrogen and oxygen atoms in total. The molecule has 0 radical (unpaired) electrons. The molecule has 1 saturated carbocycles. The summed E-state index contributed by atoms with van der Waals surface area (Å²) < 4.78 is 0. The smallest absolute Gasteiger partial charge is 0.298 e. The van der Waals surface area contributed by atoms with Gasteiger partial charge in [-0.2, -0.15) is 0 Å². The van der Waals surface area contributed by atoms with Gasteiger partial charge in [0.25, 0.3) is 11.7 Å². The van der Waals surface area contributed by atoms with Crippen LogP contribution < -0.4 is 16.4 Å². The summed E-state index contributed by atoms with van der Waals surface area (Å²) in [6.07, 6.45) is 4.83. The van der Waals surface area contributed by atoms with Gasteiger partial charge in [-0.3, -0.25) is 14.4 Å². The van der Waals surface area contributed by atoms with Gasteiger partial charge in [-0.15, -0.1) is 0 Å². The number of carbonyl (C=O) groups excluding carboxylic acids is 3. The van der Waals surface area contributed by atoms with Crippen LogP contribution in [0.15, 0.2) is 12.3 Å². The highest BCUT2D eigenvalue weighted by Gasteiger charge is 2.35. The molecule has 128 valence electrons. The van der Waals surface area contributed by atoms with Crippen LogP contribution in [-0.4, -0.2) is 28.1 Å². The van der Waals surface area contributed by atoms with Gasteiger partial charge >= 0.3 is 0 Å². The number of pyridine rings is 1. The summed E-state index contributed by atoms with van der Waals surface area (Å²) in [5.41, 5.74) is 6.42. The van der Waals surface area contributed by atoms with Crippen LogP contribution in [0.5, 0.6) is 0 Å². The second-order valence-corrected chi connectivity index (χ2v) is 7.22. The molecule has 2 amide bonds. The van der Waals surface area contributed by atoms with E-state index < -0.39 is 11.7 Å². The Hall–Kier alpha value is -2.28. The molecule has 4 N–H and O–H groups in total. The van der Waals surface area contributed by atoms with Crippen molar-refractivity contribution >= 4 is 29.1 Å². The predicted octanol–water partition coefficient (Wildman–Crippen LogP) is 1.70. The van der Waals surface area contributed by atoms with Crippen LogP contribution >= 0.6 is 0 Å². The van der Waals surface area contributed by atoms with Crippen LogP contribution in [0.1, 0.15) is 49.9 Å². The molecule has 1 aromatic rings. The second-order valence-electron chi connectivity index (χ2n) is 7.22. The first kappa shape index (κ1) is 16.6. The van der Waals surface area contributed by atoms with Crippen molar-refractivity contribution in [1.29, 1.82) is 0 Å². The summed E-state index contributed by atoms with van der Waals surface area (Å²) in [7, 11) is 0. The van der Waals surface area contributed by atoms with Crippen molar-refractivity contribution in [3.05, 3.63) is 17.8 Å². The van der Waals surface area contributed by atoms with Crippen molar-refractivity contribution in [1.82, 2.24) is 4.98 Å². The quantitative estimate of drug-likeness (QED) is 0.730. The Balaban J connectivity index is 1.69. The van der Waals surface area contributed by atoms with Crippen LogP contribution in [0.4, 0.5) is 11.5 Å². The summed E-state index contributed by atoms with van der Waals surface area (Å²) in [5, 5.41) is 5.19. The summed E-state index contributed by atoms with van der Waals surface area (Å²) >= 11 is 0. The maximum Gasteiger partial charge on any atom is 0.298 e. The van der Waals surface area contributed by atoms with Gasteiger partial charge in [-0.05, 0) is 51.5 Å². The maximum atomic E-state index is 12.5. The average Bonchev–Trinajstić information content (AvgIpc) is 2.82. The fourth-order valence-corrected chi connectivity index (χ4v) is 3.50. The third-order valence-corrected chi connectivity index (χ3v) is 5.02. The number of rotatable bonds is 3. The standard InChI is InChI=1S/C17H22N4O3/c1-17(2,18)10-5-3-9(4-6-10)15(23)20-11-7-8-19-14-12(11)13(22)16(24)21-14/h7-10H,3-6,18H2,1-2H3,(H2,19,20,21,22,23,24). The number of anilines is 2. The van der Waals surface area contributed by atoms with Crippen LogP contribution in [0.3, 0.4) is 0 Å². The molecule has 0 spiro atoms. The normalized spacial score (nSPS) is 23.6. The Morgan fingerprint density at radius 1 is 1.29 bits per heavy atom. The van der Waals surface area contributed by atoms with Crippen molar-refractivity contribution in [3.63, 3.8) is 0 Å². The number of amides is 2. The van der Waals surface area contributed by atoms with Crippen LogP contribution in [0, 0.1) is 11.8 Å². The van der Waals surface area contributed by atoms with E-state index in [1.165, 1.54) is 6.20 Å². The number of hydrogen-bond donors (Lipinski definition) is 3. The molecule has 1 aromatic heterocycles. The first-order valence-electron chi connectivity index (χ1n) is 8.22. The van der Waals surface area contributed by atoms with Crippen molar-refractivity contribution in [2.45, 2.75) is 45.1 Å². The van der Waals surface area contributed by atoms with E-state index in [1.807, 2.05) is 13.8 Å². The highest BCUT2D eigenvalue weighted by Crippen LogP contribution is 2.35. The van der Waals surface area contributed by atoms with Gasteiger partial charge in [0.2, 0.25) is 5.91 Å². The molecule has 0 atom stereocenters. The number of Topliss-reactive ketones (excluding diaryl/α,β-unsaturated/α-hetero) is 1. The first-order valence-corrected chi connectivity index (χ1v) is 8.22. The lowest BCUT2D eigenvalue weighted by Gasteiger charge is -2.36. The minimum atomic E-state index is -0.718. The lowest BCUT2D eigenvalue weighted by Crippen LogP contribution is -2.43. The number of hydrogen-bond acceptors (Lipinski definition) is 5. The fourth-order valence-electron chi connectivity index (χ4n) is 3.50. The Morgan fingerprint density at radius 3 is 2.58 bits per heavy atom. The number of carbonyl (C=O) groups is 3. The predicted molar refractivity (Wildman–Crippen MR) is 89.5 cm³/mol. The van der Waals surface area contributed by atoms with Gasteiger partial charge in [0.1, 0.15) is 5.82 Å². The number of nitrogens with two attached hydrogens (primary N) is 1. The SMILES string of the molecule is CC(C)(N)C1CCC(C(=O)Nc2ccnc3c2C(=O)C(=O)N3)CC1. The minimum Gasteiger partial charge on any atom is -0.325 e. The molecule has 0 aromatic carbocycles. The van der Waals surface area contributed by atoms with Crippen molar-refractivity contribution < 1.29 is 14.4 Å². The van der Waals surface area contributed by atoms with E-state index in [2.05, 4.69) is 15.6 Å². The first-order chi connectivity index (χ1) is 11.3. The minimum absolute atomic E-state index is 0.104. The molecule has 1 aliphatic heterocycles. The van der Waals surface area contributed by atoms with Crippen molar-refractivity contribution in [2.75, 3.05) is 10.6 Å². The zero-order valence-electron chi connectivity index (χ0n) is 13.9. The third kappa shape index (κ3) is 3.03. The highest BCUT2D eigenvalue weighted by atomic mass is 16.2. The van der Waals surface area contributed by atoms with E-state index >= 15 is 0 Å². The number of nitrogens with zero attached hydrogens (tertiary/aromatic N) is 1. The molecule has 1 fully saturated rings. The van der Waals surface area contributed by atoms with Gasteiger partial charge in [-0.25, -0.2) is 4.98 Å². The molecule has 3 rings (SSSR count). The van der Waals surface area contributed by atoms with E-state index in [9.17, 15) is 14.4 Å². The molecule has 7 heteroatoms. The lowest BCUT2D eigenvalue weighted by atomic mass is 9.73. The van der Waals surface area contributed by atoms with Crippen LogP contribution in [0.2, 0.25) is 0 Å². The van der Waals surface area contributed by atoms with Gasteiger partial charge in [-0.1, -0.05) is 0 Å². The summed E-state index contributed by atoms with van der Waals surface area (Å²) in [5.74, 6) is -0.991. The average molecular weight is 330 g/mol. The van der Waals surface area contributed by atoms with E-state index in [0.717, 1.165) is 25.7 Å². The number of nitrogens with one attached hydrogen (secondary N) is 2. The maximum absolute atomic E-state index is 12.5. The molecule has 24 heavy (non-hydrogen) atoms. The number of fused-ring (bicyclic) bond motifs is 1. The number of ketones is 1. The molecule has 1 aliphatic carbocycles. The fraction of sp³-hybridized carbons (Fsp3) is 0.529. The molecular formula is C17H22N4O3. The van der Waals surface area contributed by atoms with Gasteiger partial charge in [0.05, 0.1) is 11.3 Å². The highest BCUT2D eigenvalue weighted by molar-refractivity contribution is 6.52. The van der Waals surface area contributed by atoms with Crippen LogP contribution in [0.25, 0.3) is 0 Å². The monoisotopic (exact) mass is 330 g/mol. The topological polar surface area (TPSA) is 114 Å². The van der Waals surface area contributed by atoms with E-state index in [4.69, 9.17) is 5.73 Å². The Kier molecular flexibility index (Phi) is 4.13. The van der Waals surface area contributed by atoms with Crippen LogP contribution in [-0.2, 0) is 9.59 Å². The zero-order valence-corrected chi connectivity index (χ0v) is 13.9. The summed E-state index contributed by atoms with van der Waals surface area (Å²) in [6.45, 7) is 4.04. The van der Waals surface area contributed by atoms with E-state index in [-0.39, 0.29) is 28.7 Å².